The van der Waals surface area contributed by atoms with Crippen molar-refractivity contribution in [3.63, 3.8) is 0 Å². The third-order valence-corrected chi connectivity index (χ3v) is 6.91. The summed E-state index contributed by atoms with van der Waals surface area (Å²) in [6.45, 7) is 6.95. The zero-order valence-corrected chi connectivity index (χ0v) is 23.8. The quantitative estimate of drug-likeness (QED) is 0.225. The van der Waals surface area contributed by atoms with Crippen molar-refractivity contribution in [2.45, 2.75) is 27.2 Å². The van der Waals surface area contributed by atoms with Crippen LogP contribution in [0.1, 0.15) is 27.2 Å². The average molecular weight is 590 g/mol. The van der Waals surface area contributed by atoms with Gasteiger partial charge < -0.3 is 20.9 Å². The fourth-order valence-corrected chi connectivity index (χ4v) is 4.81. The summed E-state index contributed by atoms with van der Waals surface area (Å²) in [5.74, 6) is -0.487. The molecule has 2 aromatic heterocycles. The number of ether oxygens (including phenoxy) is 2. The molecule has 2 heterocycles. The van der Waals surface area contributed by atoms with Crippen LogP contribution in [-0.2, 0) is 14.8 Å². The van der Waals surface area contributed by atoms with Crippen molar-refractivity contribution in [2.75, 3.05) is 48.4 Å². The highest BCUT2D eigenvalue weighted by Gasteiger charge is 2.19. The lowest BCUT2D eigenvalue weighted by Crippen LogP contribution is -2.18. The van der Waals surface area contributed by atoms with E-state index in [0.717, 1.165) is 13.2 Å². The lowest BCUT2D eigenvalue weighted by atomic mass is 10.0. The molecule has 2 aromatic carbocycles. The molecule has 220 valence electrons. The smallest absolute Gasteiger partial charge is 0.232 e. The van der Waals surface area contributed by atoms with Crippen molar-refractivity contribution in [3.8, 4) is 28.3 Å². The lowest BCUT2D eigenvalue weighted by Gasteiger charge is -2.15. The van der Waals surface area contributed by atoms with Crippen LogP contribution in [0.4, 0.5) is 26.2 Å². The molecule has 0 fully saturated rings. The molecule has 0 aliphatic carbocycles. The zero-order chi connectivity index (χ0) is 30.0. The molecule has 0 atom stereocenters. The predicted octanol–water partition coefficient (Wildman–Crippen LogP) is 4.60. The van der Waals surface area contributed by atoms with Crippen LogP contribution in [-0.4, -0.2) is 60.6 Å². The van der Waals surface area contributed by atoms with Gasteiger partial charge in [0.15, 0.2) is 11.6 Å². The maximum absolute atomic E-state index is 15.4. The van der Waals surface area contributed by atoms with Gasteiger partial charge >= 0.3 is 0 Å². The normalized spacial score (nSPS) is 11.1. The van der Waals surface area contributed by atoms with Gasteiger partial charge in [-0.25, -0.2) is 32.7 Å². The first-order chi connectivity index (χ1) is 19.6. The summed E-state index contributed by atoms with van der Waals surface area (Å²) in [6, 6.07) is 7.45. The molecule has 0 saturated carbocycles. The van der Waals surface area contributed by atoms with Crippen molar-refractivity contribution >= 4 is 38.4 Å². The van der Waals surface area contributed by atoms with Gasteiger partial charge in [0, 0.05) is 36.6 Å². The Bertz CT molecular complexity index is 1570. The highest BCUT2D eigenvalue weighted by Crippen LogP contribution is 2.37. The summed E-state index contributed by atoms with van der Waals surface area (Å²) in [6.07, 6.45) is 2.74. The molecule has 0 aliphatic rings. The van der Waals surface area contributed by atoms with Crippen molar-refractivity contribution < 1.29 is 26.7 Å². The second kappa shape index (κ2) is 14.5. The van der Waals surface area contributed by atoms with E-state index in [1.54, 1.807) is 19.1 Å². The molecule has 0 amide bonds. The molecule has 0 unspecified atom stereocenters. The molecule has 5 N–H and O–H groups in total. The molecule has 41 heavy (non-hydrogen) atoms. The molecular weight excluding hydrogens is 556 g/mol. The molecule has 4 rings (SSSR count). The van der Waals surface area contributed by atoms with E-state index in [1.165, 1.54) is 30.6 Å². The van der Waals surface area contributed by atoms with Gasteiger partial charge in [0.2, 0.25) is 16.0 Å². The largest absolute Gasteiger partial charge is 0.492 e. The van der Waals surface area contributed by atoms with Gasteiger partial charge in [-0.15, -0.1) is 0 Å². The predicted molar refractivity (Wildman–Crippen MR) is 156 cm³/mol. The summed E-state index contributed by atoms with van der Waals surface area (Å²) in [4.78, 5) is 16.8. The standard InChI is InChI=1S/C23H23F2N7O3S.C4H10O/c1-2-35-18-10-13(15-5-3-6-17(19(15)25)32-36(33,34)8-4-7-24)9-16-20(18)30-22(31-21(16)26)14-11-28-23(27)29-12-14;1-3-5-4-2/h3,5-6,9-12,32H,2,4,7-8H2,1H3,(H2,26,30,31)(H2,27,28,29);3-4H2,1-2H3. The van der Waals surface area contributed by atoms with E-state index in [1.807, 2.05) is 13.8 Å². The molecule has 0 spiro atoms. The highest BCUT2D eigenvalue weighted by atomic mass is 32.2. The van der Waals surface area contributed by atoms with Crippen LogP contribution in [0, 0.1) is 5.82 Å². The van der Waals surface area contributed by atoms with Gasteiger partial charge in [-0.2, -0.15) is 0 Å². The number of hydrogen-bond acceptors (Lipinski definition) is 10. The summed E-state index contributed by atoms with van der Waals surface area (Å²) in [5, 5.41) is 0.407. The Morgan fingerprint density at radius 1 is 0.976 bits per heavy atom. The minimum absolute atomic E-state index is 0.0963. The molecule has 0 aliphatic heterocycles. The van der Waals surface area contributed by atoms with Crippen LogP contribution in [0.2, 0.25) is 0 Å². The number of rotatable bonds is 11. The number of halogens is 2. The van der Waals surface area contributed by atoms with E-state index in [4.69, 9.17) is 20.9 Å². The average Bonchev–Trinajstić information content (AvgIpc) is 2.94. The number of sulfonamides is 1. The number of nitrogen functional groups attached to an aromatic ring is 2. The minimum atomic E-state index is -3.92. The van der Waals surface area contributed by atoms with Gasteiger partial charge in [-0.1, -0.05) is 12.1 Å². The maximum Gasteiger partial charge on any atom is 0.232 e. The van der Waals surface area contributed by atoms with Crippen LogP contribution < -0.4 is 20.9 Å². The third-order valence-electron chi connectivity index (χ3n) is 5.55. The van der Waals surface area contributed by atoms with Crippen LogP contribution >= 0.6 is 0 Å². The van der Waals surface area contributed by atoms with E-state index >= 15 is 4.39 Å². The summed E-state index contributed by atoms with van der Waals surface area (Å²) in [7, 11) is -3.92. The van der Waals surface area contributed by atoms with Crippen molar-refractivity contribution in [2.24, 2.45) is 0 Å². The van der Waals surface area contributed by atoms with Crippen LogP contribution in [0.5, 0.6) is 5.75 Å². The van der Waals surface area contributed by atoms with E-state index in [-0.39, 0.29) is 35.3 Å². The van der Waals surface area contributed by atoms with Gasteiger partial charge in [0.1, 0.15) is 17.1 Å². The first-order valence-corrected chi connectivity index (χ1v) is 14.5. The monoisotopic (exact) mass is 589 g/mol. The zero-order valence-electron chi connectivity index (χ0n) is 23.0. The number of nitrogens with two attached hydrogens (primary N) is 2. The van der Waals surface area contributed by atoms with Crippen LogP contribution in [0.15, 0.2) is 42.7 Å². The summed E-state index contributed by atoms with van der Waals surface area (Å²) >= 11 is 0. The Morgan fingerprint density at radius 2 is 1.68 bits per heavy atom. The van der Waals surface area contributed by atoms with Crippen molar-refractivity contribution in [1.82, 2.24) is 19.9 Å². The maximum atomic E-state index is 15.4. The van der Waals surface area contributed by atoms with Crippen molar-refractivity contribution in [3.05, 3.63) is 48.5 Å². The second-order valence-electron chi connectivity index (χ2n) is 8.48. The van der Waals surface area contributed by atoms with Gasteiger partial charge in [0.05, 0.1) is 30.3 Å². The van der Waals surface area contributed by atoms with E-state index < -0.39 is 28.3 Å². The lowest BCUT2D eigenvalue weighted by molar-refractivity contribution is 0.162. The van der Waals surface area contributed by atoms with E-state index in [9.17, 15) is 12.8 Å². The third kappa shape index (κ3) is 8.17. The number of alkyl halides is 1. The Morgan fingerprint density at radius 3 is 2.29 bits per heavy atom. The Balaban J connectivity index is 0.000000850. The molecular formula is C27H33F2N7O4S. The van der Waals surface area contributed by atoms with E-state index in [2.05, 4.69) is 24.7 Å². The Hall–Kier alpha value is -4.17. The molecule has 0 saturated heterocycles. The SMILES string of the molecule is CCOCC.CCOc1cc(-c2cccc(NS(=O)(=O)CCCF)c2F)cc2c(N)nc(-c3cnc(N)nc3)nc12. The fraction of sp³-hybridized carbons (Fsp3) is 0.333. The summed E-state index contributed by atoms with van der Waals surface area (Å²) < 4.78 is 65.0. The Kier molecular flexibility index (Phi) is 11.1. The van der Waals surface area contributed by atoms with Crippen LogP contribution in [0.3, 0.4) is 0 Å². The van der Waals surface area contributed by atoms with Gasteiger partial charge in [0.25, 0.3) is 0 Å². The summed E-state index contributed by atoms with van der Waals surface area (Å²) in [5.41, 5.74) is 12.9. The fourth-order valence-electron chi connectivity index (χ4n) is 3.73. The Labute approximate surface area is 237 Å². The first-order valence-electron chi connectivity index (χ1n) is 12.9. The molecule has 4 aromatic rings. The first kappa shape index (κ1) is 31.4. The molecule has 11 nitrogen and oxygen atoms in total. The van der Waals surface area contributed by atoms with Gasteiger partial charge in [-0.05, 0) is 51.0 Å². The molecule has 0 radical (unpaired) electrons. The number of hydrogen-bond donors (Lipinski definition) is 3. The number of nitrogens with zero attached hydrogens (tertiary/aromatic N) is 4. The molecule has 0 bridgehead atoms. The van der Waals surface area contributed by atoms with Crippen LogP contribution in [0.25, 0.3) is 33.4 Å². The van der Waals surface area contributed by atoms with E-state index in [0.29, 0.717) is 34.4 Å². The van der Waals surface area contributed by atoms with Gasteiger partial charge in [-0.3, -0.25) is 9.11 Å². The highest BCUT2D eigenvalue weighted by molar-refractivity contribution is 7.92. The number of anilines is 3. The number of nitrogens with one attached hydrogen (secondary N) is 1. The minimum Gasteiger partial charge on any atom is -0.492 e. The van der Waals surface area contributed by atoms with Crippen molar-refractivity contribution in [1.29, 1.82) is 0 Å². The number of fused-ring (bicyclic) bond motifs is 1. The topological polar surface area (TPSA) is 168 Å². The second-order valence-corrected chi connectivity index (χ2v) is 10.3. The number of aromatic nitrogens is 4. The molecule has 14 heteroatoms. The number of benzene rings is 2.